The van der Waals surface area contributed by atoms with E-state index in [1.54, 1.807) is 0 Å². The van der Waals surface area contributed by atoms with Gasteiger partial charge in [0, 0.05) is 19.6 Å². The van der Waals surface area contributed by atoms with E-state index in [0.29, 0.717) is 13.0 Å². The predicted octanol–water partition coefficient (Wildman–Crippen LogP) is 15.8. The highest BCUT2D eigenvalue weighted by molar-refractivity contribution is 7.47. The van der Waals surface area contributed by atoms with Crippen LogP contribution in [0.4, 0.5) is 0 Å². The minimum absolute atomic E-state index is 0.0882. The predicted molar refractivity (Wildman–Crippen MR) is 274 cm³/mol. The van der Waals surface area contributed by atoms with Gasteiger partial charge in [0.05, 0.1) is 19.8 Å². The van der Waals surface area contributed by atoms with E-state index < -0.39 is 13.9 Å². The first-order valence-electron chi connectivity index (χ1n) is 25.0. The number of phosphoric acid groups is 1. The molecule has 0 aliphatic carbocycles. The van der Waals surface area contributed by atoms with Gasteiger partial charge in [-0.15, -0.1) is 0 Å². The fourth-order valence-corrected chi connectivity index (χ4v) is 7.05. The van der Waals surface area contributed by atoms with E-state index in [9.17, 15) is 14.3 Å². The maximum absolute atomic E-state index is 12.7. The molecular formula is C55H92NO7P. The minimum Gasteiger partial charge on any atom is -0.457 e. The molecule has 0 radical (unpaired) electrons. The van der Waals surface area contributed by atoms with Gasteiger partial charge in [-0.3, -0.25) is 13.8 Å². The van der Waals surface area contributed by atoms with Crippen molar-refractivity contribution in [2.75, 3.05) is 33.0 Å². The summed E-state index contributed by atoms with van der Waals surface area (Å²) >= 11 is 0. The summed E-state index contributed by atoms with van der Waals surface area (Å²) in [5.74, 6) is -0.354. The molecule has 0 spiro atoms. The number of rotatable bonds is 46. The summed E-state index contributed by atoms with van der Waals surface area (Å²) in [6, 6.07) is 0. The van der Waals surface area contributed by atoms with Gasteiger partial charge < -0.3 is 20.1 Å². The number of unbranched alkanes of at least 4 members (excludes halogenated alkanes) is 13. The van der Waals surface area contributed by atoms with Crippen molar-refractivity contribution in [1.82, 2.24) is 0 Å². The summed E-state index contributed by atoms with van der Waals surface area (Å²) < 4.78 is 33.6. The molecule has 8 nitrogen and oxygen atoms in total. The molecule has 2 atom stereocenters. The molecule has 0 aliphatic heterocycles. The Hall–Kier alpha value is -3.10. The first kappa shape index (κ1) is 60.9. The van der Waals surface area contributed by atoms with Crippen LogP contribution < -0.4 is 5.73 Å². The van der Waals surface area contributed by atoms with E-state index in [0.717, 1.165) is 122 Å². The van der Waals surface area contributed by atoms with Crippen molar-refractivity contribution in [1.29, 1.82) is 0 Å². The van der Waals surface area contributed by atoms with E-state index in [4.69, 9.17) is 24.3 Å². The van der Waals surface area contributed by atoms with Crippen LogP contribution >= 0.6 is 7.82 Å². The van der Waals surface area contributed by atoms with Crippen LogP contribution in [-0.2, 0) is 27.9 Å². The molecule has 0 rings (SSSR count). The Bertz CT molecular complexity index is 1390. The smallest absolute Gasteiger partial charge is 0.457 e. The van der Waals surface area contributed by atoms with Crippen LogP contribution in [0.3, 0.4) is 0 Å². The first-order chi connectivity index (χ1) is 31.4. The number of nitrogens with two attached hydrogens (primary N) is 1. The lowest BCUT2D eigenvalue weighted by atomic mass is 10.1. The van der Waals surface area contributed by atoms with Crippen molar-refractivity contribution >= 4 is 13.8 Å². The van der Waals surface area contributed by atoms with E-state index in [2.05, 4.69) is 135 Å². The topological polar surface area (TPSA) is 117 Å². The van der Waals surface area contributed by atoms with E-state index >= 15 is 0 Å². The Morgan fingerprint density at radius 1 is 0.469 bits per heavy atom. The molecule has 2 unspecified atom stereocenters. The zero-order valence-electron chi connectivity index (χ0n) is 40.5. The molecule has 0 fully saturated rings. The minimum atomic E-state index is -4.30. The summed E-state index contributed by atoms with van der Waals surface area (Å²) in [6.07, 6.45) is 70.8. The molecule has 3 N–H and O–H groups in total. The Morgan fingerprint density at radius 2 is 0.828 bits per heavy atom. The number of ether oxygens (including phenoxy) is 2. The molecule has 0 heterocycles. The van der Waals surface area contributed by atoms with Gasteiger partial charge in [-0.2, -0.15) is 0 Å². The van der Waals surface area contributed by atoms with Crippen molar-refractivity contribution in [3.8, 4) is 0 Å². The lowest BCUT2D eigenvalue weighted by Gasteiger charge is -2.20. The third kappa shape index (κ3) is 49.9. The second kappa shape index (κ2) is 50.9. The molecule has 9 heteroatoms. The Morgan fingerprint density at radius 3 is 1.23 bits per heavy atom. The van der Waals surface area contributed by atoms with Crippen LogP contribution in [0.25, 0.3) is 0 Å². The Balaban J connectivity index is 4.06. The largest absolute Gasteiger partial charge is 0.472 e. The second-order valence-corrected chi connectivity index (χ2v) is 17.4. The third-order valence-electron chi connectivity index (χ3n) is 9.87. The van der Waals surface area contributed by atoms with E-state index in [1.807, 2.05) is 0 Å². The average Bonchev–Trinajstić information content (AvgIpc) is 3.29. The second-order valence-electron chi connectivity index (χ2n) is 15.9. The maximum atomic E-state index is 12.7. The number of carbonyl (C=O) groups is 1. The third-order valence-corrected chi connectivity index (χ3v) is 10.9. The SMILES string of the molecule is CC/C=C\C/C=C\C/C=C\C/C=C\C/C=C\C/C=C\CCCCCCCCC(=O)OC(COCCCCCCCCC/C=C\C/C=C\C/C=C\C/C=C\CC)COP(=O)(O)OCCN. The summed E-state index contributed by atoms with van der Waals surface area (Å²) in [6.45, 7) is 4.62. The number of allylic oxidation sites excluding steroid dienone is 20. The molecule has 0 saturated heterocycles. The average molecular weight is 910 g/mol. The van der Waals surface area contributed by atoms with Gasteiger partial charge in [0.25, 0.3) is 0 Å². The van der Waals surface area contributed by atoms with Crippen LogP contribution in [0.1, 0.15) is 181 Å². The molecule has 0 aromatic rings. The van der Waals surface area contributed by atoms with Gasteiger partial charge in [-0.25, -0.2) is 4.57 Å². The zero-order chi connectivity index (χ0) is 46.5. The highest BCUT2D eigenvalue weighted by Gasteiger charge is 2.25. The van der Waals surface area contributed by atoms with Crippen molar-refractivity contribution in [2.24, 2.45) is 5.73 Å². The van der Waals surface area contributed by atoms with Gasteiger partial charge in [0.1, 0.15) is 6.10 Å². The highest BCUT2D eigenvalue weighted by atomic mass is 31.2. The van der Waals surface area contributed by atoms with Gasteiger partial charge in [-0.05, 0) is 103 Å². The Labute approximate surface area is 392 Å². The number of carbonyl (C=O) groups excluding carboxylic acids is 1. The van der Waals surface area contributed by atoms with Crippen LogP contribution in [-0.4, -0.2) is 49.9 Å². The fraction of sp³-hybridized carbons (Fsp3) is 0.618. The van der Waals surface area contributed by atoms with Crippen molar-refractivity contribution < 1.29 is 32.8 Å². The zero-order valence-corrected chi connectivity index (χ0v) is 41.4. The van der Waals surface area contributed by atoms with E-state index in [-0.39, 0.29) is 32.3 Å². The molecule has 0 aliphatic rings. The lowest BCUT2D eigenvalue weighted by molar-refractivity contribution is -0.154. The van der Waals surface area contributed by atoms with Crippen LogP contribution in [0, 0.1) is 0 Å². The van der Waals surface area contributed by atoms with Crippen molar-refractivity contribution in [2.45, 2.75) is 187 Å². The lowest BCUT2D eigenvalue weighted by Crippen LogP contribution is -2.28. The number of hydrogen-bond donors (Lipinski definition) is 2. The molecule has 0 saturated carbocycles. The van der Waals surface area contributed by atoms with Crippen molar-refractivity contribution in [3.05, 3.63) is 122 Å². The number of hydrogen-bond acceptors (Lipinski definition) is 7. The standard InChI is InChI=1S/C55H92NO7P/c1-3-5-7-9-11-13-15-17-19-21-23-25-26-27-28-29-30-32-34-36-38-40-42-44-46-48-55(57)63-54(53-62-64(58,59)61-51-49-56)52-60-50-47-45-43-41-39-37-35-33-31-24-22-20-18-16-14-12-10-8-6-4-2/h5-8,11-14,17-20,23-25,27-28,30-32,54H,3-4,9-10,15-16,21-22,26,29,33-53,56H2,1-2H3,(H,58,59)/b7-5-,8-6-,13-11-,14-12-,19-17-,20-18-,25-23-,28-27-,31-24-,32-30-. The fourth-order valence-electron chi connectivity index (χ4n) is 6.28. The van der Waals surface area contributed by atoms with Gasteiger partial charge in [0.15, 0.2) is 0 Å². The first-order valence-corrected chi connectivity index (χ1v) is 26.5. The van der Waals surface area contributed by atoms with E-state index in [1.165, 1.54) is 38.5 Å². The number of phosphoric ester groups is 1. The van der Waals surface area contributed by atoms with Crippen LogP contribution in [0.2, 0.25) is 0 Å². The maximum Gasteiger partial charge on any atom is 0.472 e. The van der Waals surface area contributed by atoms with Gasteiger partial charge >= 0.3 is 13.8 Å². The molecule has 0 aromatic carbocycles. The molecule has 0 amide bonds. The Kier molecular flexibility index (Phi) is 48.4. The molecule has 0 bridgehead atoms. The summed E-state index contributed by atoms with van der Waals surface area (Å²) in [5, 5.41) is 0. The summed E-state index contributed by atoms with van der Waals surface area (Å²) in [7, 11) is -4.30. The molecule has 64 heavy (non-hydrogen) atoms. The van der Waals surface area contributed by atoms with Gasteiger partial charge in [-0.1, -0.05) is 193 Å². The normalized spacial score (nSPS) is 14.4. The van der Waals surface area contributed by atoms with Crippen LogP contribution in [0.15, 0.2) is 122 Å². The monoisotopic (exact) mass is 910 g/mol. The molecular weight excluding hydrogens is 818 g/mol. The van der Waals surface area contributed by atoms with Crippen molar-refractivity contribution in [3.63, 3.8) is 0 Å². The highest BCUT2D eigenvalue weighted by Crippen LogP contribution is 2.43. The quantitative estimate of drug-likeness (QED) is 0.0268. The molecule has 364 valence electrons. The van der Waals surface area contributed by atoms with Gasteiger partial charge in [0.2, 0.25) is 0 Å². The summed E-state index contributed by atoms with van der Waals surface area (Å²) in [4.78, 5) is 22.6. The van der Waals surface area contributed by atoms with Crippen LogP contribution in [0.5, 0.6) is 0 Å². The summed E-state index contributed by atoms with van der Waals surface area (Å²) in [5.41, 5.74) is 5.39. The molecule has 0 aromatic heterocycles. The number of esters is 1.